The Morgan fingerprint density at radius 1 is 1.38 bits per heavy atom. The maximum atomic E-state index is 14.0. The van der Waals surface area contributed by atoms with E-state index in [4.69, 9.17) is 11.6 Å². The lowest BCUT2D eigenvalue weighted by Gasteiger charge is -2.19. The minimum Gasteiger partial charge on any atom is -0.310 e. The fraction of sp³-hybridized carbons (Fsp3) is 0.438. The molecule has 0 saturated heterocycles. The van der Waals surface area contributed by atoms with Crippen molar-refractivity contribution in [2.24, 2.45) is 7.05 Å². The molecule has 5 heteroatoms. The van der Waals surface area contributed by atoms with E-state index in [1.165, 1.54) is 6.07 Å². The predicted octanol–water partition coefficient (Wildman–Crippen LogP) is 3.72. The number of nitrogens with zero attached hydrogens (tertiary/aromatic N) is 2. The Labute approximate surface area is 130 Å². The molecule has 1 aromatic heterocycles. The molecule has 2 aromatic rings. The van der Waals surface area contributed by atoms with Crippen molar-refractivity contribution in [3.05, 3.63) is 51.6 Å². The smallest absolute Gasteiger partial charge is 0.126 e. The first-order valence-electron chi connectivity index (χ1n) is 7.11. The average molecular weight is 310 g/mol. The maximum Gasteiger partial charge on any atom is 0.126 e. The van der Waals surface area contributed by atoms with Crippen molar-refractivity contribution in [1.82, 2.24) is 15.1 Å². The van der Waals surface area contributed by atoms with Gasteiger partial charge in [-0.2, -0.15) is 5.10 Å². The number of hydrogen-bond donors (Lipinski definition) is 1. The van der Waals surface area contributed by atoms with Gasteiger partial charge >= 0.3 is 0 Å². The van der Waals surface area contributed by atoms with E-state index in [2.05, 4.69) is 10.4 Å². The second-order valence-corrected chi connectivity index (χ2v) is 5.69. The zero-order chi connectivity index (χ0) is 15.6. The van der Waals surface area contributed by atoms with E-state index >= 15 is 0 Å². The molecular formula is C16H21ClFN3. The molecule has 0 bridgehead atoms. The molecule has 0 amide bonds. The van der Waals surface area contributed by atoms with Crippen molar-refractivity contribution >= 4 is 11.6 Å². The van der Waals surface area contributed by atoms with Gasteiger partial charge in [0.15, 0.2) is 0 Å². The molecule has 1 N–H and O–H groups in total. The van der Waals surface area contributed by atoms with Crippen LogP contribution in [0, 0.1) is 19.7 Å². The van der Waals surface area contributed by atoms with Crippen LogP contribution < -0.4 is 5.32 Å². The number of halogens is 2. The van der Waals surface area contributed by atoms with Crippen molar-refractivity contribution in [1.29, 1.82) is 0 Å². The van der Waals surface area contributed by atoms with E-state index in [9.17, 15) is 4.39 Å². The molecule has 3 nitrogen and oxygen atoms in total. The molecular weight excluding hydrogens is 289 g/mol. The van der Waals surface area contributed by atoms with Gasteiger partial charge in [0, 0.05) is 29.4 Å². The van der Waals surface area contributed by atoms with Gasteiger partial charge in [-0.05, 0) is 50.6 Å². The van der Waals surface area contributed by atoms with Crippen LogP contribution in [-0.4, -0.2) is 16.3 Å². The van der Waals surface area contributed by atoms with Crippen LogP contribution in [-0.2, 0) is 13.5 Å². The van der Waals surface area contributed by atoms with Crippen LogP contribution in [0.4, 0.5) is 4.39 Å². The molecule has 2 rings (SSSR count). The Bertz CT molecular complexity index is 637. The van der Waals surface area contributed by atoms with Crippen molar-refractivity contribution in [2.45, 2.75) is 33.2 Å². The quantitative estimate of drug-likeness (QED) is 0.912. The largest absolute Gasteiger partial charge is 0.310 e. The Morgan fingerprint density at radius 2 is 2.10 bits per heavy atom. The fourth-order valence-electron chi connectivity index (χ4n) is 2.74. The van der Waals surface area contributed by atoms with Crippen LogP contribution in [0.3, 0.4) is 0 Å². The zero-order valence-corrected chi connectivity index (χ0v) is 13.6. The highest BCUT2D eigenvalue weighted by molar-refractivity contribution is 6.30. The molecule has 1 unspecified atom stereocenters. The Kier molecular flexibility index (Phi) is 5.01. The van der Waals surface area contributed by atoms with Crippen molar-refractivity contribution in [2.75, 3.05) is 6.54 Å². The lowest BCUT2D eigenvalue weighted by molar-refractivity contribution is 0.523. The molecule has 1 atom stereocenters. The van der Waals surface area contributed by atoms with Gasteiger partial charge in [-0.1, -0.05) is 18.5 Å². The summed E-state index contributed by atoms with van der Waals surface area (Å²) in [5.74, 6) is -0.221. The summed E-state index contributed by atoms with van der Waals surface area (Å²) >= 11 is 5.99. The first kappa shape index (κ1) is 16.0. The highest BCUT2D eigenvalue weighted by Crippen LogP contribution is 2.26. The van der Waals surface area contributed by atoms with E-state index < -0.39 is 0 Å². The van der Waals surface area contributed by atoms with Gasteiger partial charge in [0.25, 0.3) is 0 Å². The number of rotatable bonds is 5. The van der Waals surface area contributed by atoms with E-state index in [0.717, 1.165) is 23.5 Å². The van der Waals surface area contributed by atoms with Crippen LogP contribution >= 0.6 is 11.6 Å². The first-order chi connectivity index (χ1) is 9.93. The predicted molar refractivity (Wildman–Crippen MR) is 84.2 cm³/mol. The lowest BCUT2D eigenvalue weighted by atomic mass is 9.97. The summed E-state index contributed by atoms with van der Waals surface area (Å²) in [7, 11) is 1.93. The van der Waals surface area contributed by atoms with Gasteiger partial charge < -0.3 is 5.32 Å². The second-order valence-electron chi connectivity index (χ2n) is 5.26. The second kappa shape index (κ2) is 6.58. The Balaban J connectivity index is 2.37. The number of aryl methyl sites for hydroxylation is 2. The minimum absolute atomic E-state index is 0.0247. The van der Waals surface area contributed by atoms with Gasteiger partial charge in [-0.25, -0.2) is 4.39 Å². The van der Waals surface area contributed by atoms with Crippen LogP contribution in [0.15, 0.2) is 18.2 Å². The molecule has 0 aliphatic carbocycles. The SMILES string of the molecule is CCNC(Cc1cc(Cl)ccc1F)c1c(C)nn(C)c1C. The third kappa shape index (κ3) is 3.44. The first-order valence-corrected chi connectivity index (χ1v) is 7.49. The summed E-state index contributed by atoms with van der Waals surface area (Å²) < 4.78 is 15.8. The third-order valence-corrected chi connectivity index (χ3v) is 4.03. The van der Waals surface area contributed by atoms with Gasteiger partial charge in [0.2, 0.25) is 0 Å². The summed E-state index contributed by atoms with van der Waals surface area (Å²) in [5, 5.41) is 8.43. The minimum atomic E-state index is -0.221. The molecule has 0 aliphatic heterocycles. The molecule has 0 spiro atoms. The van der Waals surface area contributed by atoms with Crippen molar-refractivity contribution in [3.63, 3.8) is 0 Å². The molecule has 0 radical (unpaired) electrons. The van der Waals surface area contributed by atoms with Gasteiger partial charge in [0.1, 0.15) is 5.82 Å². The van der Waals surface area contributed by atoms with Gasteiger partial charge in [0.05, 0.1) is 5.69 Å². The monoisotopic (exact) mass is 309 g/mol. The molecule has 0 fully saturated rings. The highest BCUT2D eigenvalue weighted by Gasteiger charge is 2.21. The number of benzene rings is 1. The van der Waals surface area contributed by atoms with Gasteiger partial charge in [-0.15, -0.1) is 0 Å². The highest BCUT2D eigenvalue weighted by atomic mass is 35.5. The van der Waals surface area contributed by atoms with Crippen LogP contribution in [0.25, 0.3) is 0 Å². The standard InChI is InChI=1S/C16H21ClFN3/c1-5-19-15(16-10(2)20-21(4)11(16)3)9-12-8-13(17)6-7-14(12)18/h6-8,15,19H,5,9H2,1-4H3. The summed E-state index contributed by atoms with van der Waals surface area (Å²) in [6.45, 7) is 6.87. The van der Waals surface area contributed by atoms with Crippen LogP contribution in [0.5, 0.6) is 0 Å². The Hall–Kier alpha value is -1.39. The van der Waals surface area contributed by atoms with Gasteiger partial charge in [-0.3, -0.25) is 4.68 Å². The Morgan fingerprint density at radius 3 is 2.67 bits per heavy atom. The molecule has 0 aliphatic rings. The molecule has 114 valence electrons. The number of aromatic nitrogens is 2. The number of likely N-dealkylation sites (N-methyl/N-ethyl adjacent to an activating group) is 1. The average Bonchev–Trinajstić information content (AvgIpc) is 2.67. The molecule has 0 saturated carbocycles. The zero-order valence-electron chi connectivity index (χ0n) is 12.9. The summed E-state index contributed by atoms with van der Waals surface area (Å²) in [6.07, 6.45) is 0.549. The molecule has 1 aromatic carbocycles. The topological polar surface area (TPSA) is 29.9 Å². The van der Waals surface area contributed by atoms with Crippen molar-refractivity contribution in [3.8, 4) is 0 Å². The van der Waals surface area contributed by atoms with E-state index in [1.54, 1.807) is 12.1 Å². The van der Waals surface area contributed by atoms with Crippen molar-refractivity contribution < 1.29 is 4.39 Å². The number of nitrogens with one attached hydrogen (secondary N) is 1. The maximum absolute atomic E-state index is 14.0. The summed E-state index contributed by atoms with van der Waals surface area (Å²) in [6, 6.07) is 4.71. The van der Waals surface area contributed by atoms with Crippen LogP contribution in [0.1, 0.15) is 35.5 Å². The summed E-state index contributed by atoms with van der Waals surface area (Å²) in [4.78, 5) is 0. The number of hydrogen-bond acceptors (Lipinski definition) is 2. The van der Waals surface area contributed by atoms with E-state index in [-0.39, 0.29) is 11.9 Å². The molecule has 1 heterocycles. The summed E-state index contributed by atoms with van der Waals surface area (Å²) in [5.41, 5.74) is 3.83. The lowest BCUT2D eigenvalue weighted by Crippen LogP contribution is -2.24. The molecule has 21 heavy (non-hydrogen) atoms. The normalized spacial score (nSPS) is 12.7. The fourth-order valence-corrected chi connectivity index (χ4v) is 2.93. The van der Waals surface area contributed by atoms with E-state index in [1.807, 2.05) is 32.5 Å². The third-order valence-electron chi connectivity index (χ3n) is 3.80. The van der Waals surface area contributed by atoms with Crippen LogP contribution in [0.2, 0.25) is 5.02 Å². The van der Waals surface area contributed by atoms with E-state index in [0.29, 0.717) is 17.0 Å².